The molecule has 0 N–H and O–H groups in total. The van der Waals surface area contributed by atoms with Crippen LogP contribution in [0, 0.1) is 11.3 Å². The van der Waals surface area contributed by atoms with Gasteiger partial charge in [0.15, 0.2) is 0 Å². The Morgan fingerprint density at radius 2 is 1.11 bits per heavy atom. The third-order valence-corrected chi connectivity index (χ3v) is 6.91. The number of pyridine rings is 1. The SMILES string of the molecule is C.C.C.CC.CC.CC.CC(C)(C)c1ccccn1.CC(C)(C)c1cn2c(n1)C[C@H](C(C)(C)C)CC2.Cn1cnc(C(C)(C)C)c1. The Morgan fingerprint density at radius 3 is 1.41 bits per heavy atom. The van der Waals surface area contributed by atoms with E-state index >= 15 is 0 Å². The van der Waals surface area contributed by atoms with Gasteiger partial charge in [-0.3, -0.25) is 4.98 Å². The van der Waals surface area contributed by atoms with E-state index < -0.39 is 0 Å². The van der Waals surface area contributed by atoms with Crippen LogP contribution in [0.1, 0.15) is 176 Å². The summed E-state index contributed by atoms with van der Waals surface area (Å²) in [7, 11) is 1.99. The zero-order chi connectivity index (χ0) is 34.2. The van der Waals surface area contributed by atoms with Crippen LogP contribution < -0.4 is 0 Å². The Balaban J connectivity index is -0.000000170. The molecule has 1 aliphatic rings. The van der Waals surface area contributed by atoms with Crippen molar-refractivity contribution in [3.05, 3.63) is 66.0 Å². The maximum Gasteiger partial charge on any atom is 0.109 e. The van der Waals surface area contributed by atoms with E-state index in [2.05, 4.69) is 116 Å². The molecule has 4 heterocycles. The molecule has 272 valence electrons. The first-order valence-corrected chi connectivity index (χ1v) is 16.7. The van der Waals surface area contributed by atoms with E-state index in [1.165, 1.54) is 17.9 Å². The molecule has 0 spiro atoms. The molecule has 0 unspecified atom stereocenters. The number of fused-ring (bicyclic) bond motifs is 1. The van der Waals surface area contributed by atoms with Crippen LogP contribution in [0.4, 0.5) is 0 Å². The molecule has 0 saturated heterocycles. The van der Waals surface area contributed by atoms with E-state index in [1.807, 2.05) is 77.8 Å². The molecule has 0 radical (unpaired) electrons. The normalized spacial score (nSPS) is 13.4. The van der Waals surface area contributed by atoms with Crippen molar-refractivity contribution in [3.63, 3.8) is 0 Å². The van der Waals surface area contributed by atoms with Crippen molar-refractivity contribution in [2.24, 2.45) is 18.4 Å². The van der Waals surface area contributed by atoms with Gasteiger partial charge >= 0.3 is 0 Å². The fourth-order valence-corrected chi connectivity index (χ4v) is 4.14. The zero-order valence-corrected chi connectivity index (χ0v) is 32.0. The second kappa shape index (κ2) is 23.8. The van der Waals surface area contributed by atoms with Gasteiger partial charge in [-0.1, -0.05) is 153 Å². The van der Waals surface area contributed by atoms with Gasteiger partial charge in [0.2, 0.25) is 0 Å². The van der Waals surface area contributed by atoms with E-state index in [1.54, 1.807) is 0 Å². The minimum Gasteiger partial charge on any atom is -0.340 e. The van der Waals surface area contributed by atoms with Gasteiger partial charge in [0.25, 0.3) is 0 Å². The van der Waals surface area contributed by atoms with Crippen molar-refractivity contribution in [1.82, 2.24) is 24.1 Å². The van der Waals surface area contributed by atoms with E-state index in [-0.39, 0.29) is 38.5 Å². The highest BCUT2D eigenvalue weighted by Crippen LogP contribution is 2.35. The molecule has 46 heavy (non-hydrogen) atoms. The Labute approximate surface area is 290 Å². The highest BCUT2D eigenvalue weighted by molar-refractivity contribution is 5.15. The topological polar surface area (TPSA) is 48.5 Å². The predicted molar refractivity (Wildman–Crippen MR) is 211 cm³/mol. The standard InChI is InChI=1S/C15H26N2.C9H13N.C8H14N2.3C2H6.3CH4/c1-14(2,3)11-7-8-17-10-12(15(4,5)6)16-13(17)9-11;1-9(2,3)8-6-4-5-7-10-8;1-8(2,3)7-5-10(4)6-9-7;3*1-2;;;/h10-11H,7-9H2,1-6H3;4-7H,1-3H3;5-6H,1-4H3;3*1-2H3;3*1H4/t11-;;;;;;;;/m1......../s1. The number of rotatable bonds is 0. The summed E-state index contributed by atoms with van der Waals surface area (Å²) < 4.78 is 4.34. The lowest BCUT2D eigenvalue weighted by Gasteiger charge is -2.34. The molecule has 1 aliphatic heterocycles. The second-order valence-electron chi connectivity index (χ2n) is 14.7. The Hall–Kier alpha value is -2.43. The first-order valence-electron chi connectivity index (χ1n) is 16.7. The maximum atomic E-state index is 4.85. The average molecular weight is 646 g/mol. The van der Waals surface area contributed by atoms with Gasteiger partial charge < -0.3 is 9.13 Å². The highest BCUT2D eigenvalue weighted by atomic mass is 15.1. The Kier molecular flexibility index (Phi) is 27.5. The Morgan fingerprint density at radius 1 is 0.630 bits per heavy atom. The van der Waals surface area contributed by atoms with Crippen molar-refractivity contribution in [2.45, 2.75) is 183 Å². The number of hydrogen-bond acceptors (Lipinski definition) is 3. The zero-order valence-electron chi connectivity index (χ0n) is 32.0. The van der Waals surface area contributed by atoms with Crippen LogP contribution in [0.15, 0.2) is 43.1 Å². The third kappa shape index (κ3) is 19.3. The smallest absolute Gasteiger partial charge is 0.109 e. The molecular formula is C41H83N5. The van der Waals surface area contributed by atoms with Crippen LogP contribution in [0.25, 0.3) is 0 Å². The summed E-state index contributed by atoms with van der Waals surface area (Å²) in [6.45, 7) is 39.9. The summed E-state index contributed by atoms with van der Waals surface area (Å²) in [5.41, 5.74) is 4.47. The van der Waals surface area contributed by atoms with Crippen LogP contribution in [0.3, 0.4) is 0 Å². The number of nitrogens with zero attached hydrogens (tertiary/aromatic N) is 5. The molecule has 3 aromatic rings. The van der Waals surface area contributed by atoms with Gasteiger partial charge in [0.1, 0.15) is 5.82 Å². The summed E-state index contributed by atoms with van der Waals surface area (Å²) in [4.78, 5) is 13.3. The van der Waals surface area contributed by atoms with Gasteiger partial charge in [-0.25, -0.2) is 9.97 Å². The van der Waals surface area contributed by atoms with Crippen LogP contribution in [-0.4, -0.2) is 24.1 Å². The third-order valence-electron chi connectivity index (χ3n) is 6.91. The lowest BCUT2D eigenvalue weighted by molar-refractivity contribution is 0.193. The van der Waals surface area contributed by atoms with Gasteiger partial charge in [0.05, 0.1) is 17.7 Å². The summed E-state index contributed by atoms with van der Waals surface area (Å²) >= 11 is 0. The van der Waals surface area contributed by atoms with Crippen molar-refractivity contribution >= 4 is 0 Å². The minimum absolute atomic E-state index is 0. The Bertz CT molecular complexity index is 1090. The van der Waals surface area contributed by atoms with Crippen molar-refractivity contribution in [1.29, 1.82) is 0 Å². The quantitative estimate of drug-likeness (QED) is 0.244. The van der Waals surface area contributed by atoms with Gasteiger partial charge in [-0.05, 0) is 29.9 Å². The maximum absolute atomic E-state index is 4.85. The monoisotopic (exact) mass is 646 g/mol. The van der Waals surface area contributed by atoms with Crippen molar-refractivity contribution in [3.8, 4) is 0 Å². The number of aromatic nitrogens is 5. The largest absolute Gasteiger partial charge is 0.340 e. The van der Waals surface area contributed by atoms with Gasteiger partial charge in [0, 0.05) is 60.5 Å². The molecule has 0 aromatic carbocycles. The fraction of sp³-hybridized carbons (Fsp3) is 0.732. The van der Waals surface area contributed by atoms with Crippen LogP contribution in [-0.2, 0) is 36.3 Å². The van der Waals surface area contributed by atoms with Crippen LogP contribution >= 0.6 is 0 Å². The summed E-state index contributed by atoms with van der Waals surface area (Å²) in [6, 6.07) is 6.02. The summed E-state index contributed by atoms with van der Waals surface area (Å²) in [5.74, 6) is 2.06. The fourth-order valence-electron chi connectivity index (χ4n) is 4.14. The number of hydrogen-bond donors (Lipinski definition) is 0. The molecule has 0 amide bonds. The van der Waals surface area contributed by atoms with Gasteiger partial charge in [-0.15, -0.1) is 0 Å². The molecule has 0 fully saturated rings. The lowest BCUT2D eigenvalue weighted by atomic mass is 9.75. The van der Waals surface area contributed by atoms with E-state index in [0.29, 0.717) is 5.41 Å². The molecule has 1 atom stereocenters. The first-order chi connectivity index (χ1) is 19.8. The minimum atomic E-state index is 0. The molecule has 0 aliphatic carbocycles. The number of imidazole rings is 2. The van der Waals surface area contributed by atoms with Crippen LogP contribution in [0.5, 0.6) is 0 Å². The van der Waals surface area contributed by atoms with E-state index in [9.17, 15) is 0 Å². The molecule has 5 nitrogen and oxygen atoms in total. The van der Waals surface area contributed by atoms with Crippen LogP contribution in [0.2, 0.25) is 0 Å². The molecule has 0 saturated carbocycles. The van der Waals surface area contributed by atoms with E-state index in [0.717, 1.165) is 30.3 Å². The van der Waals surface area contributed by atoms with Crippen molar-refractivity contribution < 1.29 is 0 Å². The highest BCUT2D eigenvalue weighted by Gasteiger charge is 2.31. The molecule has 0 bridgehead atoms. The number of aryl methyl sites for hydroxylation is 2. The average Bonchev–Trinajstić information content (AvgIpc) is 3.59. The molecular weight excluding hydrogens is 562 g/mol. The molecule has 5 heteroatoms. The molecule has 4 rings (SSSR count). The van der Waals surface area contributed by atoms with Crippen molar-refractivity contribution in [2.75, 3.05) is 0 Å². The first kappa shape index (κ1) is 53.1. The second-order valence-corrected chi connectivity index (χ2v) is 14.7. The molecule has 3 aromatic heterocycles. The lowest BCUT2D eigenvalue weighted by Crippen LogP contribution is -2.29. The van der Waals surface area contributed by atoms with E-state index in [4.69, 9.17) is 4.98 Å². The summed E-state index contributed by atoms with van der Waals surface area (Å²) in [5, 5.41) is 0. The predicted octanol–water partition coefficient (Wildman–Crippen LogP) is 12.9. The van der Waals surface area contributed by atoms with Gasteiger partial charge in [-0.2, -0.15) is 0 Å². The summed E-state index contributed by atoms with van der Waals surface area (Å²) in [6.07, 6.45) is 10.4.